The summed E-state index contributed by atoms with van der Waals surface area (Å²) in [5, 5.41) is 4.43. The molecule has 0 aliphatic rings. The number of nitrogens with one attached hydrogen (secondary N) is 1. The molecule has 0 radical (unpaired) electrons. The molecule has 1 aromatic carbocycles. The highest BCUT2D eigenvalue weighted by molar-refractivity contribution is 6.42. The van der Waals surface area contributed by atoms with Gasteiger partial charge in [0.25, 0.3) is 0 Å². The second-order valence-electron chi connectivity index (χ2n) is 6.18. The van der Waals surface area contributed by atoms with Crippen LogP contribution in [0.5, 0.6) is 0 Å². The van der Waals surface area contributed by atoms with E-state index < -0.39 is 5.60 Å². The zero-order valence-electron chi connectivity index (χ0n) is 13.6. The van der Waals surface area contributed by atoms with Gasteiger partial charge in [0.1, 0.15) is 5.60 Å². The van der Waals surface area contributed by atoms with Crippen molar-refractivity contribution in [3.05, 3.63) is 33.8 Å². The Morgan fingerprint density at radius 2 is 1.95 bits per heavy atom. The van der Waals surface area contributed by atoms with Gasteiger partial charge in [0.05, 0.1) is 10.0 Å². The summed E-state index contributed by atoms with van der Waals surface area (Å²) < 4.78 is 5.29. The fourth-order valence-corrected chi connectivity index (χ4v) is 2.08. The average molecular weight is 347 g/mol. The lowest BCUT2D eigenvalue weighted by molar-refractivity contribution is 0.0297. The average Bonchev–Trinajstić information content (AvgIpc) is 2.40. The van der Waals surface area contributed by atoms with Gasteiger partial charge in [-0.05, 0) is 51.4 Å². The van der Waals surface area contributed by atoms with Gasteiger partial charge in [-0.2, -0.15) is 0 Å². The van der Waals surface area contributed by atoms with Crippen LogP contribution in [0.25, 0.3) is 0 Å². The van der Waals surface area contributed by atoms with E-state index in [4.69, 9.17) is 27.9 Å². The van der Waals surface area contributed by atoms with Crippen LogP contribution in [-0.4, -0.2) is 36.7 Å². The Kier molecular flexibility index (Phi) is 7.46. The molecule has 0 heterocycles. The molecule has 0 aromatic heterocycles. The van der Waals surface area contributed by atoms with E-state index >= 15 is 0 Å². The SMILES string of the molecule is CN(CCCNCc1ccc(Cl)c(Cl)c1)C(=O)OC(C)(C)C. The largest absolute Gasteiger partial charge is 0.444 e. The Labute approximate surface area is 142 Å². The summed E-state index contributed by atoms with van der Waals surface area (Å²) >= 11 is 11.8. The molecule has 0 aliphatic heterocycles. The number of carbonyl (C=O) groups excluding carboxylic acids is 1. The van der Waals surface area contributed by atoms with Crippen molar-refractivity contribution >= 4 is 29.3 Å². The molecule has 1 aromatic rings. The quantitative estimate of drug-likeness (QED) is 0.779. The van der Waals surface area contributed by atoms with Crippen molar-refractivity contribution < 1.29 is 9.53 Å². The Balaban J connectivity index is 2.22. The van der Waals surface area contributed by atoms with Crippen molar-refractivity contribution in [1.82, 2.24) is 10.2 Å². The first-order chi connectivity index (χ1) is 10.2. The van der Waals surface area contributed by atoms with E-state index in [9.17, 15) is 4.79 Å². The van der Waals surface area contributed by atoms with Crippen LogP contribution in [0.3, 0.4) is 0 Å². The number of benzene rings is 1. The lowest BCUT2D eigenvalue weighted by atomic mass is 10.2. The summed E-state index contributed by atoms with van der Waals surface area (Å²) in [7, 11) is 1.74. The van der Waals surface area contributed by atoms with E-state index in [1.807, 2.05) is 32.9 Å². The molecule has 0 atom stereocenters. The third-order valence-electron chi connectivity index (χ3n) is 2.87. The molecule has 6 heteroatoms. The first-order valence-electron chi connectivity index (χ1n) is 7.28. The Hall–Kier alpha value is -0.970. The lowest BCUT2D eigenvalue weighted by Gasteiger charge is -2.24. The number of halogens is 2. The molecular formula is C16H24Cl2N2O2. The molecule has 0 unspecified atom stereocenters. The standard InChI is InChI=1S/C16H24Cl2N2O2/c1-16(2,3)22-15(21)20(4)9-5-8-19-11-12-6-7-13(17)14(18)10-12/h6-7,10,19H,5,8-9,11H2,1-4H3. The Morgan fingerprint density at radius 1 is 1.27 bits per heavy atom. The number of rotatable bonds is 6. The van der Waals surface area contributed by atoms with Gasteiger partial charge in [-0.15, -0.1) is 0 Å². The van der Waals surface area contributed by atoms with Gasteiger partial charge in [0, 0.05) is 20.1 Å². The van der Waals surface area contributed by atoms with E-state index in [2.05, 4.69) is 5.32 Å². The number of carbonyl (C=O) groups is 1. The second-order valence-corrected chi connectivity index (χ2v) is 7.00. The van der Waals surface area contributed by atoms with Crippen LogP contribution in [0, 0.1) is 0 Å². The van der Waals surface area contributed by atoms with E-state index in [0.29, 0.717) is 23.1 Å². The van der Waals surface area contributed by atoms with Gasteiger partial charge >= 0.3 is 6.09 Å². The van der Waals surface area contributed by atoms with Gasteiger partial charge in [0.15, 0.2) is 0 Å². The highest BCUT2D eigenvalue weighted by atomic mass is 35.5. The van der Waals surface area contributed by atoms with E-state index in [1.165, 1.54) is 0 Å². The van der Waals surface area contributed by atoms with Crippen LogP contribution in [0.2, 0.25) is 10.0 Å². The highest BCUT2D eigenvalue weighted by Crippen LogP contribution is 2.22. The Morgan fingerprint density at radius 3 is 2.55 bits per heavy atom. The second kappa shape index (κ2) is 8.61. The summed E-state index contributed by atoms with van der Waals surface area (Å²) in [5.74, 6) is 0. The maximum Gasteiger partial charge on any atom is 0.410 e. The smallest absolute Gasteiger partial charge is 0.410 e. The van der Waals surface area contributed by atoms with Crippen LogP contribution in [-0.2, 0) is 11.3 Å². The molecule has 1 N–H and O–H groups in total. The maximum absolute atomic E-state index is 11.8. The Bertz CT molecular complexity index is 501. The molecule has 0 fully saturated rings. The monoisotopic (exact) mass is 346 g/mol. The van der Waals surface area contributed by atoms with Crippen LogP contribution in [0.4, 0.5) is 4.79 Å². The highest BCUT2D eigenvalue weighted by Gasteiger charge is 2.18. The molecule has 0 spiro atoms. The lowest BCUT2D eigenvalue weighted by Crippen LogP contribution is -2.35. The summed E-state index contributed by atoms with van der Waals surface area (Å²) in [5.41, 5.74) is 0.618. The van der Waals surface area contributed by atoms with Crippen molar-refractivity contribution in [3.8, 4) is 0 Å². The molecule has 124 valence electrons. The zero-order valence-corrected chi connectivity index (χ0v) is 15.1. The first kappa shape index (κ1) is 19.1. The number of amides is 1. The minimum absolute atomic E-state index is 0.294. The molecular weight excluding hydrogens is 323 g/mol. The van der Waals surface area contributed by atoms with Crippen molar-refractivity contribution in [3.63, 3.8) is 0 Å². The zero-order chi connectivity index (χ0) is 16.8. The maximum atomic E-state index is 11.8. The van der Waals surface area contributed by atoms with Gasteiger partial charge < -0.3 is 15.0 Å². The fraction of sp³-hybridized carbons (Fsp3) is 0.562. The van der Waals surface area contributed by atoms with Gasteiger partial charge in [0.2, 0.25) is 0 Å². The summed E-state index contributed by atoms with van der Waals surface area (Å²) in [6, 6.07) is 5.58. The number of nitrogens with zero attached hydrogens (tertiary/aromatic N) is 1. The van der Waals surface area contributed by atoms with Crippen molar-refractivity contribution in [1.29, 1.82) is 0 Å². The van der Waals surface area contributed by atoms with Crippen LogP contribution in [0.1, 0.15) is 32.8 Å². The summed E-state index contributed by atoms with van der Waals surface area (Å²) in [6.45, 7) is 7.73. The molecule has 0 aliphatic carbocycles. The fourth-order valence-electron chi connectivity index (χ4n) is 1.75. The predicted octanol–water partition coefficient (Wildman–Crippen LogP) is 4.34. The molecule has 4 nitrogen and oxygen atoms in total. The minimum Gasteiger partial charge on any atom is -0.444 e. The summed E-state index contributed by atoms with van der Waals surface area (Å²) in [4.78, 5) is 13.4. The molecule has 0 saturated carbocycles. The third kappa shape index (κ3) is 7.34. The normalized spacial score (nSPS) is 11.4. The minimum atomic E-state index is -0.461. The van der Waals surface area contributed by atoms with Gasteiger partial charge in [-0.1, -0.05) is 29.3 Å². The number of ether oxygens (including phenoxy) is 1. The number of hydrogen-bond donors (Lipinski definition) is 1. The molecule has 22 heavy (non-hydrogen) atoms. The van der Waals surface area contributed by atoms with Crippen LogP contribution in [0.15, 0.2) is 18.2 Å². The van der Waals surface area contributed by atoms with Gasteiger partial charge in [-0.3, -0.25) is 0 Å². The van der Waals surface area contributed by atoms with Crippen LogP contribution < -0.4 is 5.32 Å². The van der Waals surface area contributed by atoms with E-state index in [1.54, 1.807) is 18.0 Å². The predicted molar refractivity (Wildman–Crippen MR) is 91.6 cm³/mol. The van der Waals surface area contributed by atoms with E-state index in [0.717, 1.165) is 18.5 Å². The van der Waals surface area contributed by atoms with Crippen molar-refractivity contribution in [2.45, 2.75) is 39.3 Å². The molecule has 1 rings (SSSR count). The van der Waals surface area contributed by atoms with Crippen molar-refractivity contribution in [2.75, 3.05) is 20.1 Å². The molecule has 0 bridgehead atoms. The molecule has 0 saturated heterocycles. The topological polar surface area (TPSA) is 41.6 Å². The van der Waals surface area contributed by atoms with E-state index in [-0.39, 0.29) is 6.09 Å². The third-order valence-corrected chi connectivity index (χ3v) is 3.60. The first-order valence-corrected chi connectivity index (χ1v) is 8.03. The number of hydrogen-bond acceptors (Lipinski definition) is 3. The van der Waals surface area contributed by atoms with Crippen molar-refractivity contribution in [2.24, 2.45) is 0 Å². The van der Waals surface area contributed by atoms with Crippen LogP contribution >= 0.6 is 23.2 Å². The molecule has 1 amide bonds. The van der Waals surface area contributed by atoms with Gasteiger partial charge in [-0.25, -0.2) is 4.79 Å². The summed E-state index contributed by atoms with van der Waals surface area (Å²) in [6.07, 6.45) is 0.550.